The van der Waals surface area contributed by atoms with Gasteiger partial charge in [-0.05, 0) is 63.5 Å². The number of hydrogen-bond acceptors (Lipinski definition) is 5. The van der Waals surface area contributed by atoms with Crippen LogP contribution >= 0.6 is 0 Å². The highest BCUT2D eigenvalue weighted by atomic mass is 16.5. The second kappa shape index (κ2) is 9.27. The Morgan fingerprint density at radius 2 is 2.04 bits per heavy atom. The Bertz CT molecular complexity index is 581. The highest BCUT2D eigenvalue weighted by Crippen LogP contribution is 2.23. The molecular formula is C18H27N3O3. The summed E-state index contributed by atoms with van der Waals surface area (Å²) < 4.78 is 10.3. The Kier molecular flexibility index (Phi) is 7.06. The molecule has 24 heavy (non-hydrogen) atoms. The van der Waals surface area contributed by atoms with Gasteiger partial charge in [0, 0.05) is 12.1 Å². The van der Waals surface area contributed by atoms with E-state index < -0.39 is 6.09 Å². The summed E-state index contributed by atoms with van der Waals surface area (Å²) in [4.78, 5) is 13.8. The van der Waals surface area contributed by atoms with Crippen LogP contribution in [0.2, 0.25) is 0 Å². The third-order valence-electron chi connectivity index (χ3n) is 4.13. The van der Waals surface area contributed by atoms with Gasteiger partial charge in [-0.15, -0.1) is 0 Å². The Morgan fingerprint density at radius 3 is 2.71 bits per heavy atom. The second-order valence-corrected chi connectivity index (χ2v) is 5.89. The topological polar surface area (TPSA) is 63.2 Å². The number of piperidine rings is 1. The van der Waals surface area contributed by atoms with E-state index >= 15 is 0 Å². The number of methoxy groups -OCH3 is 1. The summed E-state index contributed by atoms with van der Waals surface area (Å²) in [5, 5.41) is 4.09. The molecule has 6 heteroatoms. The van der Waals surface area contributed by atoms with Gasteiger partial charge in [-0.1, -0.05) is 6.42 Å². The quantitative estimate of drug-likeness (QED) is 0.642. The van der Waals surface area contributed by atoms with Crippen molar-refractivity contribution in [1.29, 1.82) is 0 Å². The molecule has 0 aromatic heterocycles. The zero-order valence-corrected chi connectivity index (χ0v) is 14.8. The maximum atomic E-state index is 11.3. The molecule has 1 fully saturated rings. The molecule has 0 bridgehead atoms. The number of rotatable bonds is 6. The summed E-state index contributed by atoms with van der Waals surface area (Å²) in [6, 6.07) is 5.99. The van der Waals surface area contributed by atoms with Gasteiger partial charge in [-0.3, -0.25) is 4.90 Å². The lowest BCUT2D eigenvalue weighted by Crippen LogP contribution is -2.29. The third-order valence-corrected chi connectivity index (χ3v) is 4.13. The van der Waals surface area contributed by atoms with E-state index in [4.69, 9.17) is 9.47 Å². The minimum atomic E-state index is -0.543. The molecule has 1 aromatic rings. The van der Waals surface area contributed by atoms with Crippen molar-refractivity contribution in [2.45, 2.75) is 39.7 Å². The van der Waals surface area contributed by atoms with Crippen LogP contribution in [0.15, 0.2) is 23.3 Å². The third kappa shape index (κ3) is 5.23. The highest BCUT2D eigenvalue weighted by Gasteiger charge is 2.14. The number of carbonyl (C=O) groups is 1. The summed E-state index contributed by atoms with van der Waals surface area (Å²) >= 11 is 0. The first-order valence-electron chi connectivity index (χ1n) is 8.50. The Balaban J connectivity index is 2.11. The molecule has 0 atom stereocenters. The number of likely N-dealkylation sites (tertiary alicyclic amines) is 1. The number of carbonyl (C=O) groups excluding carboxylic acids is 1. The summed E-state index contributed by atoms with van der Waals surface area (Å²) in [6.07, 6.45) is 3.29. The average molecular weight is 333 g/mol. The molecule has 0 saturated carbocycles. The van der Waals surface area contributed by atoms with Gasteiger partial charge in [-0.25, -0.2) is 10.2 Å². The van der Waals surface area contributed by atoms with Crippen molar-refractivity contribution in [2.75, 3.05) is 26.8 Å². The molecule has 0 radical (unpaired) electrons. The van der Waals surface area contributed by atoms with Gasteiger partial charge in [0.1, 0.15) is 5.75 Å². The van der Waals surface area contributed by atoms with Crippen LogP contribution in [0, 0.1) is 0 Å². The minimum absolute atomic E-state index is 0.322. The normalized spacial score (nSPS) is 15.9. The van der Waals surface area contributed by atoms with E-state index in [2.05, 4.69) is 21.5 Å². The van der Waals surface area contributed by atoms with Crippen LogP contribution in [0.4, 0.5) is 4.79 Å². The zero-order chi connectivity index (χ0) is 17.4. The molecule has 1 aromatic carbocycles. The highest BCUT2D eigenvalue weighted by molar-refractivity contribution is 5.99. The van der Waals surface area contributed by atoms with E-state index in [0.29, 0.717) is 6.61 Å². The van der Waals surface area contributed by atoms with Gasteiger partial charge in [0.2, 0.25) is 0 Å². The van der Waals surface area contributed by atoms with Crippen molar-refractivity contribution >= 4 is 11.8 Å². The number of nitrogens with zero attached hydrogens (tertiary/aromatic N) is 2. The lowest BCUT2D eigenvalue weighted by atomic mass is 10.0. The van der Waals surface area contributed by atoms with Crippen molar-refractivity contribution in [3.05, 3.63) is 29.3 Å². The van der Waals surface area contributed by atoms with Crippen molar-refractivity contribution in [3.63, 3.8) is 0 Å². The average Bonchev–Trinajstić information content (AvgIpc) is 2.61. The molecule has 1 saturated heterocycles. The van der Waals surface area contributed by atoms with Gasteiger partial charge < -0.3 is 9.47 Å². The second-order valence-electron chi connectivity index (χ2n) is 5.89. The van der Waals surface area contributed by atoms with E-state index in [1.54, 1.807) is 14.0 Å². The van der Waals surface area contributed by atoms with Gasteiger partial charge in [0.05, 0.1) is 19.4 Å². The fourth-order valence-corrected chi connectivity index (χ4v) is 2.84. The number of amides is 1. The fraction of sp³-hybridized carbons (Fsp3) is 0.556. The molecule has 0 aliphatic carbocycles. The van der Waals surface area contributed by atoms with Crippen LogP contribution in [0.5, 0.6) is 5.75 Å². The molecule has 132 valence electrons. The van der Waals surface area contributed by atoms with Crippen LogP contribution in [-0.2, 0) is 11.3 Å². The molecule has 0 spiro atoms. The smallest absolute Gasteiger partial charge is 0.427 e. The predicted molar refractivity (Wildman–Crippen MR) is 94.5 cm³/mol. The Labute approximate surface area is 143 Å². The van der Waals surface area contributed by atoms with Crippen molar-refractivity contribution < 1.29 is 14.3 Å². The van der Waals surface area contributed by atoms with Crippen LogP contribution in [0.1, 0.15) is 44.2 Å². The summed E-state index contributed by atoms with van der Waals surface area (Å²) in [5.41, 5.74) is 5.22. The predicted octanol–water partition coefficient (Wildman–Crippen LogP) is 3.15. The van der Waals surface area contributed by atoms with E-state index in [0.717, 1.165) is 42.2 Å². The number of hydrazone groups is 1. The van der Waals surface area contributed by atoms with E-state index in [9.17, 15) is 4.79 Å². The number of nitrogens with one attached hydrogen (secondary N) is 1. The molecule has 1 aliphatic rings. The van der Waals surface area contributed by atoms with E-state index in [1.165, 1.54) is 19.3 Å². The van der Waals surface area contributed by atoms with Gasteiger partial charge in [0.25, 0.3) is 0 Å². The minimum Gasteiger partial charge on any atom is -0.496 e. The Hall–Kier alpha value is -2.08. The zero-order valence-electron chi connectivity index (χ0n) is 14.8. The Morgan fingerprint density at radius 1 is 1.29 bits per heavy atom. The molecular weight excluding hydrogens is 306 g/mol. The lowest BCUT2D eigenvalue weighted by Gasteiger charge is -2.27. The standard InChI is InChI=1S/C18H27N3O3/c1-4-24-18(22)20-19-14(2)15-8-9-17(23-3)16(12-15)13-21-10-6-5-7-11-21/h8-9,12H,4-7,10-11,13H2,1-3H3,(H,20,22)/b19-14-. The van der Waals surface area contributed by atoms with E-state index in [1.807, 2.05) is 19.1 Å². The first-order chi connectivity index (χ1) is 11.6. The van der Waals surface area contributed by atoms with Gasteiger partial charge in [0.15, 0.2) is 0 Å². The molecule has 1 amide bonds. The summed E-state index contributed by atoms with van der Waals surface area (Å²) in [7, 11) is 1.69. The molecule has 1 heterocycles. The number of hydrogen-bond donors (Lipinski definition) is 1. The fourth-order valence-electron chi connectivity index (χ4n) is 2.84. The molecule has 0 unspecified atom stereocenters. The van der Waals surface area contributed by atoms with Gasteiger partial charge >= 0.3 is 6.09 Å². The summed E-state index contributed by atoms with van der Waals surface area (Å²) in [6.45, 7) is 7.07. The van der Waals surface area contributed by atoms with Crippen LogP contribution < -0.4 is 10.2 Å². The molecule has 2 rings (SSSR count). The van der Waals surface area contributed by atoms with Crippen molar-refractivity contribution in [2.24, 2.45) is 5.10 Å². The van der Waals surface area contributed by atoms with Crippen LogP contribution in [-0.4, -0.2) is 43.5 Å². The number of benzene rings is 1. The maximum absolute atomic E-state index is 11.3. The van der Waals surface area contributed by atoms with Crippen molar-refractivity contribution in [1.82, 2.24) is 10.3 Å². The SMILES string of the molecule is CCOC(=O)N/N=C(/C)c1ccc(OC)c(CN2CCCCC2)c1. The largest absolute Gasteiger partial charge is 0.496 e. The van der Waals surface area contributed by atoms with Gasteiger partial charge in [-0.2, -0.15) is 5.10 Å². The lowest BCUT2D eigenvalue weighted by molar-refractivity contribution is 0.152. The number of ether oxygens (including phenoxy) is 2. The molecule has 1 aliphatic heterocycles. The molecule has 1 N–H and O–H groups in total. The van der Waals surface area contributed by atoms with E-state index in [-0.39, 0.29) is 0 Å². The van der Waals surface area contributed by atoms with Crippen LogP contribution in [0.3, 0.4) is 0 Å². The van der Waals surface area contributed by atoms with Crippen molar-refractivity contribution in [3.8, 4) is 5.75 Å². The monoisotopic (exact) mass is 333 g/mol. The first-order valence-corrected chi connectivity index (χ1v) is 8.50. The maximum Gasteiger partial charge on any atom is 0.427 e. The van der Waals surface area contributed by atoms with Crippen LogP contribution in [0.25, 0.3) is 0 Å². The first kappa shape index (κ1) is 18.3. The molecule has 6 nitrogen and oxygen atoms in total. The summed E-state index contributed by atoms with van der Waals surface area (Å²) in [5.74, 6) is 0.885.